The van der Waals surface area contributed by atoms with Gasteiger partial charge in [0.05, 0.1) is 6.04 Å². The first-order chi connectivity index (χ1) is 10.0. The van der Waals surface area contributed by atoms with Gasteiger partial charge in [0.2, 0.25) is 0 Å². The van der Waals surface area contributed by atoms with E-state index in [1.807, 2.05) is 0 Å². The lowest BCUT2D eigenvalue weighted by molar-refractivity contribution is 0.178. The molecule has 1 aromatic carbocycles. The monoisotopic (exact) mass is 289 g/mol. The summed E-state index contributed by atoms with van der Waals surface area (Å²) in [6, 6.07) is 7.15. The SMILES string of the molecule is CCCNC1c2cc(C(C)(C)CC)ccc2OC1CCC. The maximum absolute atomic E-state index is 6.20. The van der Waals surface area contributed by atoms with Crippen molar-refractivity contribution >= 4 is 0 Å². The predicted molar refractivity (Wildman–Crippen MR) is 90.1 cm³/mol. The van der Waals surface area contributed by atoms with Gasteiger partial charge in [-0.1, -0.05) is 47.1 Å². The Hall–Kier alpha value is -1.02. The van der Waals surface area contributed by atoms with E-state index in [1.54, 1.807) is 0 Å². The van der Waals surface area contributed by atoms with Crippen LogP contribution >= 0.6 is 0 Å². The van der Waals surface area contributed by atoms with E-state index in [9.17, 15) is 0 Å². The van der Waals surface area contributed by atoms with Crippen LogP contribution in [0.25, 0.3) is 0 Å². The topological polar surface area (TPSA) is 21.3 Å². The number of hydrogen-bond acceptors (Lipinski definition) is 2. The molecule has 0 amide bonds. The number of ether oxygens (including phenoxy) is 1. The van der Waals surface area contributed by atoms with Crippen LogP contribution in [0.2, 0.25) is 0 Å². The first-order valence-corrected chi connectivity index (χ1v) is 8.58. The molecule has 0 spiro atoms. The minimum atomic E-state index is 0.229. The Balaban J connectivity index is 2.31. The zero-order chi connectivity index (χ0) is 15.5. The summed E-state index contributed by atoms with van der Waals surface area (Å²) in [5, 5.41) is 3.69. The molecular formula is C19H31NO. The van der Waals surface area contributed by atoms with E-state index in [4.69, 9.17) is 4.74 Å². The molecule has 1 aliphatic rings. The molecule has 0 bridgehead atoms. The molecule has 1 aromatic rings. The van der Waals surface area contributed by atoms with E-state index in [0.29, 0.717) is 6.04 Å². The van der Waals surface area contributed by atoms with Gasteiger partial charge < -0.3 is 10.1 Å². The third-order valence-corrected chi connectivity index (χ3v) is 4.85. The van der Waals surface area contributed by atoms with Crippen LogP contribution in [0.4, 0.5) is 0 Å². The normalized spacial score (nSPS) is 21.2. The molecule has 2 unspecified atom stereocenters. The Morgan fingerprint density at radius 1 is 1.14 bits per heavy atom. The second-order valence-electron chi connectivity index (χ2n) is 6.87. The molecule has 0 saturated carbocycles. The fourth-order valence-corrected chi connectivity index (χ4v) is 3.01. The molecule has 2 nitrogen and oxygen atoms in total. The van der Waals surface area contributed by atoms with E-state index in [0.717, 1.165) is 38.0 Å². The Kier molecular flexibility index (Phi) is 5.32. The molecule has 1 N–H and O–H groups in total. The third-order valence-electron chi connectivity index (χ3n) is 4.85. The molecule has 1 heterocycles. The van der Waals surface area contributed by atoms with Crippen LogP contribution in [0.3, 0.4) is 0 Å². The number of fused-ring (bicyclic) bond motifs is 1. The number of nitrogens with one attached hydrogen (secondary N) is 1. The predicted octanol–water partition coefficient (Wildman–Crippen LogP) is 4.98. The highest BCUT2D eigenvalue weighted by atomic mass is 16.5. The molecule has 1 aliphatic heterocycles. The van der Waals surface area contributed by atoms with Crippen molar-refractivity contribution in [3.63, 3.8) is 0 Å². The largest absolute Gasteiger partial charge is 0.488 e. The summed E-state index contributed by atoms with van der Waals surface area (Å²) < 4.78 is 6.20. The minimum Gasteiger partial charge on any atom is -0.488 e. The Bertz CT molecular complexity index is 467. The summed E-state index contributed by atoms with van der Waals surface area (Å²) in [5.74, 6) is 1.08. The van der Waals surface area contributed by atoms with Crippen LogP contribution < -0.4 is 10.1 Å². The Morgan fingerprint density at radius 2 is 1.90 bits per heavy atom. The Labute approximate surface area is 130 Å². The van der Waals surface area contributed by atoms with Crippen molar-refractivity contribution in [2.45, 2.75) is 77.9 Å². The van der Waals surface area contributed by atoms with Crippen LogP contribution in [0.1, 0.15) is 77.5 Å². The molecule has 118 valence electrons. The van der Waals surface area contributed by atoms with Crippen molar-refractivity contribution in [1.82, 2.24) is 5.32 Å². The van der Waals surface area contributed by atoms with Gasteiger partial charge in [-0.3, -0.25) is 0 Å². The van der Waals surface area contributed by atoms with Gasteiger partial charge in [0.1, 0.15) is 11.9 Å². The fourth-order valence-electron chi connectivity index (χ4n) is 3.01. The van der Waals surface area contributed by atoms with E-state index in [1.165, 1.54) is 11.1 Å². The second-order valence-corrected chi connectivity index (χ2v) is 6.87. The van der Waals surface area contributed by atoms with Gasteiger partial charge in [-0.2, -0.15) is 0 Å². The summed E-state index contributed by atoms with van der Waals surface area (Å²) in [6.07, 6.45) is 4.87. The zero-order valence-electron chi connectivity index (χ0n) is 14.3. The molecule has 0 aromatic heterocycles. The first-order valence-electron chi connectivity index (χ1n) is 8.58. The summed E-state index contributed by atoms with van der Waals surface area (Å²) in [7, 11) is 0. The third kappa shape index (κ3) is 3.42. The smallest absolute Gasteiger partial charge is 0.124 e. The zero-order valence-corrected chi connectivity index (χ0v) is 14.3. The summed E-state index contributed by atoms with van der Waals surface area (Å²) in [5.41, 5.74) is 3.02. The van der Waals surface area contributed by atoms with Gasteiger partial charge in [-0.05, 0) is 48.9 Å². The van der Waals surface area contributed by atoms with Crippen molar-refractivity contribution in [1.29, 1.82) is 0 Å². The molecule has 2 rings (SSSR count). The number of hydrogen-bond donors (Lipinski definition) is 1. The Morgan fingerprint density at radius 3 is 2.52 bits per heavy atom. The van der Waals surface area contributed by atoms with Crippen LogP contribution in [0, 0.1) is 0 Å². The van der Waals surface area contributed by atoms with Gasteiger partial charge in [-0.25, -0.2) is 0 Å². The molecule has 2 heteroatoms. The molecule has 0 saturated heterocycles. The van der Waals surface area contributed by atoms with Gasteiger partial charge in [0.15, 0.2) is 0 Å². The van der Waals surface area contributed by atoms with Crippen molar-refractivity contribution in [2.24, 2.45) is 0 Å². The van der Waals surface area contributed by atoms with E-state index in [2.05, 4.69) is 58.1 Å². The van der Waals surface area contributed by atoms with E-state index in [-0.39, 0.29) is 11.5 Å². The molecule has 0 fully saturated rings. The molecule has 2 atom stereocenters. The van der Waals surface area contributed by atoms with Gasteiger partial charge in [0, 0.05) is 5.56 Å². The fraction of sp³-hybridized carbons (Fsp3) is 0.684. The standard InChI is InChI=1S/C19H31NO/c1-6-9-17-18(20-12-7-2)15-13-14(19(4,5)8-3)10-11-16(15)21-17/h10-11,13,17-18,20H,6-9,12H2,1-5H3. The van der Waals surface area contributed by atoms with Crippen LogP contribution in [-0.2, 0) is 5.41 Å². The van der Waals surface area contributed by atoms with Crippen LogP contribution in [0.5, 0.6) is 5.75 Å². The van der Waals surface area contributed by atoms with E-state index < -0.39 is 0 Å². The quantitative estimate of drug-likeness (QED) is 0.764. The van der Waals surface area contributed by atoms with E-state index >= 15 is 0 Å². The highest BCUT2D eigenvalue weighted by Crippen LogP contribution is 2.41. The van der Waals surface area contributed by atoms with Crippen LogP contribution in [0.15, 0.2) is 18.2 Å². The van der Waals surface area contributed by atoms with Crippen molar-refractivity contribution in [3.8, 4) is 5.75 Å². The summed E-state index contributed by atoms with van der Waals surface area (Å²) >= 11 is 0. The minimum absolute atomic E-state index is 0.229. The number of rotatable bonds is 7. The highest BCUT2D eigenvalue weighted by Gasteiger charge is 2.34. The molecule has 21 heavy (non-hydrogen) atoms. The lowest BCUT2D eigenvalue weighted by Crippen LogP contribution is -2.31. The summed E-state index contributed by atoms with van der Waals surface area (Å²) in [6.45, 7) is 12.4. The maximum atomic E-state index is 6.20. The van der Waals surface area contributed by atoms with Crippen LogP contribution in [-0.4, -0.2) is 12.6 Å². The van der Waals surface area contributed by atoms with Crippen molar-refractivity contribution in [2.75, 3.05) is 6.54 Å². The first kappa shape index (κ1) is 16.4. The van der Waals surface area contributed by atoms with Gasteiger partial charge >= 0.3 is 0 Å². The maximum Gasteiger partial charge on any atom is 0.124 e. The molecular weight excluding hydrogens is 258 g/mol. The van der Waals surface area contributed by atoms with Crippen molar-refractivity contribution in [3.05, 3.63) is 29.3 Å². The molecule has 0 radical (unpaired) electrons. The average Bonchev–Trinajstić information content (AvgIpc) is 2.82. The second kappa shape index (κ2) is 6.83. The van der Waals surface area contributed by atoms with Crippen molar-refractivity contribution < 1.29 is 4.74 Å². The van der Waals surface area contributed by atoms with Gasteiger partial charge in [0.25, 0.3) is 0 Å². The number of benzene rings is 1. The lowest BCUT2D eigenvalue weighted by Gasteiger charge is -2.24. The summed E-state index contributed by atoms with van der Waals surface area (Å²) in [4.78, 5) is 0. The van der Waals surface area contributed by atoms with Gasteiger partial charge in [-0.15, -0.1) is 0 Å². The molecule has 0 aliphatic carbocycles. The lowest BCUT2D eigenvalue weighted by atomic mass is 9.81. The average molecular weight is 289 g/mol. The highest BCUT2D eigenvalue weighted by molar-refractivity contribution is 5.45.